The van der Waals surface area contributed by atoms with Crippen LogP contribution in [0, 0.1) is 5.92 Å². The highest BCUT2D eigenvalue weighted by Crippen LogP contribution is 2.13. The van der Waals surface area contributed by atoms with Gasteiger partial charge in [0, 0.05) is 12.3 Å². The van der Waals surface area contributed by atoms with E-state index in [2.05, 4.69) is 0 Å². The monoisotopic (exact) mass is 126 g/mol. The van der Waals surface area contributed by atoms with Crippen molar-refractivity contribution in [2.75, 3.05) is 0 Å². The highest BCUT2D eigenvalue weighted by molar-refractivity contribution is 6.67. The van der Waals surface area contributed by atoms with Crippen LogP contribution >= 0.6 is 0 Å². The number of ketones is 3. The molecule has 0 N–H and O–H groups in total. The predicted molar refractivity (Wildman–Crippen MR) is 28.8 cm³/mol. The Morgan fingerprint density at radius 3 is 2.00 bits per heavy atom. The average molecular weight is 126 g/mol. The molecular formula is C6H6O3. The summed E-state index contributed by atoms with van der Waals surface area (Å²) in [5.74, 6) is -2.25. The molecular weight excluding hydrogens is 120 g/mol. The van der Waals surface area contributed by atoms with Crippen molar-refractivity contribution in [1.82, 2.24) is 0 Å². The standard InChI is InChI=1S/C6H6O3/c1-3-2-4(7)6(9)5(3)8/h3H,2H2,1H3/t3-/m0/s1. The first kappa shape index (κ1) is 6.13. The number of hydrogen-bond donors (Lipinski definition) is 0. The fourth-order valence-electron chi connectivity index (χ4n) is 0.825. The van der Waals surface area contributed by atoms with Crippen molar-refractivity contribution in [3.8, 4) is 0 Å². The maximum Gasteiger partial charge on any atom is 0.264 e. The SMILES string of the molecule is C[C@H]1CC(=O)C(=O)C1=O. The Hall–Kier alpha value is -0.990. The van der Waals surface area contributed by atoms with E-state index in [1.807, 2.05) is 0 Å². The van der Waals surface area contributed by atoms with E-state index in [1.54, 1.807) is 6.92 Å². The van der Waals surface area contributed by atoms with E-state index >= 15 is 0 Å². The van der Waals surface area contributed by atoms with Gasteiger partial charge in [-0.15, -0.1) is 0 Å². The molecule has 1 atom stereocenters. The molecule has 0 unspecified atom stereocenters. The number of Topliss-reactive ketones (excluding diaryl/α,β-unsaturated/α-hetero) is 3. The molecule has 0 bridgehead atoms. The first-order chi connectivity index (χ1) is 4.13. The van der Waals surface area contributed by atoms with Gasteiger partial charge in [-0.3, -0.25) is 14.4 Å². The number of hydrogen-bond acceptors (Lipinski definition) is 3. The van der Waals surface area contributed by atoms with Gasteiger partial charge in [0.2, 0.25) is 11.6 Å². The molecule has 48 valence electrons. The van der Waals surface area contributed by atoms with Crippen molar-refractivity contribution in [3.63, 3.8) is 0 Å². The Morgan fingerprint density at radius 1 is 1.33 bits per heavy atom. The molecule has 0 aromatic heterocycles. The number of carbonyl (C=O) groups excluding carboxylic acids is 3. The molecule has 1 aliphatic rings. The lowest BCUT2D eigenvalue weighted by Crippen LogP contribution is -2.14. The number of carbonyl (C=O) groups is 3. The summed E-state index contributed by atoms with van der Waals surface area (Å²) in [6, 6.07) is 0. The Morgan fingerprint density at radius 2 is 1.89 bits per heavy atom. The lowest BCUT2D eigenvalue weighted by atomic mass is 10.1. The minimum atomic E-state index is -0.817. The molecule has 1 aliphatic carbocycles. The molecule has 3 nitrogen and oxygen atoms in total. The first-order valence-electron chi connectivity index (χ1n) is 2.74. The second kappa shape index (κ2) is 1.76. The second-order valence-electron chi connectivity index (χ2n) is 2.22. The minimum Gasteiger partial charge on any atom is -0.290 e. The fourth-order valence-corrected chi connectivity index (χ4v) is 0.825. The molecule has 0 radical (unpaired) electrons. The third-order valence-electron chi connectivity index (χ3n) is 1.42. The Bertz CT molecular complexity index is 192. The van der Waals surface area contributed by atoms with E-state index in [1.165, 1.54) is 0 Å². The van der Waals surface area contributed by atoms with Crippen LogP contribution in [0.15, 0.2) is 0 Å². The molecule has 1 rings (SSSR count). The van der Waals surface area contributed by atoms with Gasteiger partial charge >= 0.3 is 0 Å². The Balaban J connectivity index is 2.90. The van der Waals surface area contributed by atoms with Crippen LogP contribution in [0.2, 0.25) is 0 Å². The van der Waals surface area contributed by atoms with Gasteiger partial charge in [0.1, 0.15) is 0 Å². The summed E-state index contributed by atoms with van der Waals surface area (Å²) >= 11 is 0. The van der Waals surface area contributed by atoms with Gasteiger partial charge in [-0.1, -0.05) is 6.92 Å². The van der Waals surface area contributed by atoms with Crippen LogP contribution in [-0.2, 0) is 14.4 Å². The van der Waals surface area contributed by atoms with Crippen molar-refractivity contribution in [2.24, 2.45) is 5.92 Å². The summed E-state index contributed by atoms with van der Waals surface area (Å²) in [7, 11) is 0. The summed E-state index contributed by atoms with van der Waals surface area (Å²) < 4.78 is 0. The molecule has 3 heteroatoms. The van der Waals surface area contributed by atoms with Gasteiger partial charge in [-0.2, -0.15) is 0 Å². The van der Waals surface area contributed by atoms with Gasteiger partial charge in [0.15, 0.2) is 0 Å². The van der Waals surface area contributed by atoms with Gasteiger partial charge < -0.3 is 0 Å². The first-order valence-corrected chi connectivity index (χ1v) is 2.74. The molecule has 0 amide bonds. The van der Waals surface area contributed by atoms with Gasteiger partial charge in [0.05, 0.1) is 0 Å². The smallest absolute Gasteiger partial charge is 0.264 e. The van der Waals surface area contributed by atoms with Crippen LogP contribution in [0.4, 0.5) is 0 Å². The topological polar surface area (TPSA) is 51.2 Å². The average Bonchev–Trinajstić information content (AvgIpc) is 1.98. The van der Waals surface area contributed by atoms with Gasteiger partial charge in [-0.25, -0.2) is 0 Å². The van der Waals surface area contributed by atoms with Crippen molar-refractivity contribution < 1.29 is 14.4 Å². The summed E-state index contributed by atoms with van der Waals surface area (Å²) in [5, 5.41) is 0. The predicted octanol–water partition coefficient (Wildman–Crippen LogP) is -0.266. The van der Waals surface area contributed by atoms with E-state index in [-0.39, 0.29) is 12.3 Å². The van der Waals surface area contributed by atoms with Crippen LogP contribution in [0.5, 0.6) is 0 Å². The second-order valence-corrected chi connectivity index (χ2v) is 2.22. The largest absolute Gasteiger partial charge is 0.290 e. The summed E-state index contributed by atoms with van der Waals surface area (Å²) in [6.07, 6.45) is 0.109. The van der Waals surface area contributed by atoms with E-state index in [0.29, 0.717) is 0 Å². The van der Waals surface area contributed by atoms with Crippen LogP contribution in [-0.4, -0.2) is 17.3 Å². The van der Waals surface area contributed by atoms with Crippen LogP contribution in [0.25, 0.3) is 0 Å². The van der Waals surface area contributed by atoms with Crippen molar-refractivity contribution in [1.29, 1.82) is 0 Å². The fraction of sp³-hybridized carbons (Fsp3) is 0.500. The molecule has 9 heavy (non-hydrogen) atoms. The Kier molecular flexibility index (Phi) is 1.20. The molecule has 0 aliphatic heterocycles. The zero-order valence-electron chi connectivity index (χ0n) is 5.01. The number of rotatable bonds is 0. The van der Waals surface area contributed by atoms with E-state index < -0.39 is 17.3 Å². The molecule has 1 fully saturated rings. The lowest BCUT2D eigenvalue weighted by molar-refractivity contribution is -0.140. The maximum atomic E-state index is 10.5. The third-order valence-corrected chi connectivity index (χ3v) is 1.42. The normalized spacial score (nSPS) is 27.7. The molecule has 0 saturated heterocycles. The minimum absolute atomic E-state index is 0.109. The maximum absolute atomic E-state index is 10.5. The highest BCUT2D eigenvalue weighted by atomic mass is 16.2. The summed E-state index contributed by atoms with van der Waals surface area (Å²) in [4.78, 5) is 31.4. The van der Waals surface area contributed by atoms with Crippen LogP contribution in [0.3, 0.4) is 0 Å². The van der Waals surface area contributed by atoms with E-state index in [9.17, 15) is 14.4 Å². The van der Waals surface area contributed by atoms with Crippen LogP contribution in [0.1, 0.15) is 13.3 Å². The lowest BCUT2D eigenvalue weighted by Gasteiger charge is -1.88. The van der Waals surface area contributed by atoms with Gasteiger partial charge in [-0.05, 0) is 0 Å². The van der Waals surface area contributed by atoms with E-state index in [4.69, 9.17) is 0 Å². The summed E-state index contributed by atoms with van der Waals surface area (Å²) in [5.41, 5.74) is 0. The van der Waals surface area contributed by atoms with Crippen molar-refractivity contribution in [3.05, 3.63) is 0 Å². The molecule has 0 spiro atoms. The Labute approximate surface area is 52.0 Å². The molecule has 1 saturated carbocycles. The van der Waals surface area contributed by atoms with Crippen molar-refractivity contribution >= 4 is 17.3 Å². The van der Waals surface area contributed by atoms with Gasteiger partial charge in [0.25, 0.3) is 5.78 Å². The quantitative estimate of drug-likeness (QED) is 0.420. The molecule has 0 aromatic carbocycles. The van der Waals surface area contributed by atoms with E-state index in [0.717, 1.165) is 0 Å². The van der Waals surface area contributed by atoms with Crippen LogP contribution < -0.4 is 0 Å². The zero-order valence-corrected chi connectivity index (χ0v) is 5.01. The summed E-state index contributed by atoms with van der Waals surface area (Å²) in [6.45, 7) is 1.59. The highest BCUT2D eigenvalue weighted by Gasteiger charge is 2.36. The third kappa shape index (κ3) is 0.781. The molecule has 0 heterocycles. The van der Waals surface area contributed by atoms with Crippen molar-refractivity contribution in [2.45, 2.75) is 13.3 Å². The zero-order chi connectivity index (χ0) is 7.02. The molecule has 0 aromatic rings.